The Labute approximate surface area is 136 Å². The van der Waals surface area contributed by atoms with Crippen LogP contribution in [0.15, 0.2) is 42.7 Å². The molecule has 120 valence electrons. The summed E-state index contributed by atoms with van der Waals surface area (Å²) in [5, 5.41) is 9.28. The molecule has 0 aliphatic heterocycles. The first-order valence-electron chi connectivity index (χ1n) is 7.70. The molecule has 2 aromatic heterocycles. The van der Waals surface area contributed by atoms with Gasteiger partial charge in [-0.25, -0.2) is 4.98 Å². The molecule has 0 bridgehead atoms. The molecule has 0 radical (unpaired) electrons. The van der Waals surface area contributed by atoms with Crippen molar-refractivity contribution in [1.82, 2.24) is 9.38 Å². The lowest BCUT2D eigenvalue weighted by Crippen LogP contribution is -2.11. The molecule has 0 saturated heterocycles. The molecule has 3 rings (SSSR count). The molecule has 0 atom stereocenters. The van der Waals surface area contributed by atoms with Crippen molar-refractivity contribution in [3.05, 3.63) is 53.9 Å². The Bertz CT molecular complexity index is 844. The first kappa shape index (κ1) is 15.6. The second-order valence-corrected chi connectivity index (χ2v) is 6.75. The summed E-state index contributed by atoms with van der Waals surface area (Å²) in [6.07, 6.45) is 3.87. The van der Waals surface area contributed by atoms with E-state index in [1.165, 1.54) is 5.56 Å². The topological polar surface area (TPSA) is 46.8 Å². The third kappa shape index (κ3) is 2.94. The van der Waals surface area contributed by atoms with Gasteiger partial charge in [0, 0.05) is 18.0 Å². The fraction of sp³-hybridized carbons (Fsp3) is 0.316. The Morgan fingerprint density at radius 1 is 1.13 bits per heavy atom. The van der Waals surface area contributed by atoms with Gasteiger partial charge in [0.1, 0.15) is 11.4 Å². The average Bonchev–Trinajstić information content (AvgIpc) is 2.96. The minimum atomic E-state index is 0.0201. The highest BCUT2D eigenvalue weighted by atomic mass is 16.5. The molecule has 23 heavy (non-hydrogen) atoms. The maximum absolute atomic E-state index is 9.28. The summed E-state index contributed by atoms with van der Waals surface area (Å²) in [4.78, 5) is 4.69. The van der Waals surface area contributed by atoms with Crippen LogP contribution in [0, 0.1) is 0 Å². The summed E-state index contributed by atoms with van der Waals surface area (Å²) >= 11 is 0. The van der Waals surface area contributed by atoms with Gasteiger partial charge in [-0.1, -0.05) is 32.9 Å². The Morgan fingerprint density at radius 3 is 2.57 bits per heavy atom. The third-order valence-electron chi connectivity index (χ3n) is 4.04. The first-order chi connectivity index (χ1) is 10.9. The number of aliphatic hydroxyl groups excluding tert-OH is 1. The number of nitrogens with zero attached hydrogens (tertiary/aromatic N) is 2. The van der Waals surface area contributed by atoms with Crippen molar-refractivity contribution in [1.29, 1.82) is 0 Å². The zero-order chi connectivity index (χ0) is 16.6. The van der Waals surface area contributed by atoms with E-state index < -0.39 is 0 Å². The number of hydrogen-bond donors (Lipinski definition) is 1. The van der Waals surface area contributed by atoms with Crippen LogP contribution in [-0.2, 0) is 12.0 Å². The van der Waals surface area contributed by atoms with Gasteiger partial charge in [-0.15, -0.1) is 0 Å². The summed E-state index contributed by atoms with van der Waals surface area (Å²) < 4.78 is 7.45. The Hall–Kier alpha value is -2.33. The molecular weight excluding hydrogens is 288 g/mol. The summed E-state index contributed by atoms with van der Waals surface area (Å²) in [5.41, 5.74) is 4.85. The van der Waals surface area contributed by atoms with Crippen LogP contribution in [0.4, 0.5) is 0 Å². The molecule has 0 aliphatic rings. The first-order valence-corrected chi connectivity index (χ1v) is 7.70. The monoisotopic (exact) mass is 310 g/mol. The highest BCUT2D eigenvalue weighted by Crippen LogP contribution is 2.34. The second kappa shape index (κ2) is 5.70. The van der Waals surface area contributed by atoms with Gasteiger partial charge in [-0.2, -0.15) is 0 Å². The van der Waals surface area contributed by atoms with Crippen LogP contribution in [0.2, 0.25) is 0 Å². The lowest BCUT2D eigenvalue weighted by Gasteiger charge is -2.20. The van der Waals surface area contributed by atoms with Gasteiger partial charge in [-0.3, -0.25) is 0 Å². The number of rotatable bonds is 3. The van der Waals surface area contributed by atoms with Crippen LogP contribution in [0.1, 0.15) is 31.9 Å². The largest absolute Gasteiger partial charge is 0.496 e. The number of aromatic nitrogens is 2. The van der Waals surface area contributed by atoms with Crippen LogP contribution in [-0.4, -0.2) is 21.6 Å². The van der Waals surface area contributed by atoms with Gasteiger partial charge in [-0.05, 0) is 34.7 Å². The molecule has 4 nitrogen and oxygen atoms in total. The van der Waals surface area contributed by atoms with E-state index in [1.54, 1.807) is 7.11 Å². The quantitative estimate of drug-likeness (QED) is 0.800. The molecule has 0 saturated carbocycles. The van der Waals surface area contributed by atoms with Crippen LogP contribution in [0.5, 0.6) is 5.75 Å². The number of ether oxygens (including phenoxy) is 1. The predicted octanol–water partition coefficient (Wildman–Crippen LogP) is 3.80. The van der Waals surface area contributed by atoms with Crippen LogP contribution in [0.25, 0.3) is 16.9 Å². The highest BCUT2D eigenvalue weighted by Gasteiger charge is 2.18. The Balaban J connectivity index is 2.16. The highest BCUT2D eigenvalue weighted by molar-refractivity contribution is 5.70. The summed E-state index contributed by atoms with van der Waals surface area (Å²) in [7, 11) is 1.68. The van der Waals surface area contributed by atoms with Crippen molar-refractivity contribution in [3.8, 4) is 17.0 Å². The number of aliphatic hydroxyl groups is 1. The normalized spacial score (nSPS) is 11.9. The molecule has 2 heterocycles. The van der Waals surface area contributed by atoms with Gasteiger partial charge in [0.15, 0.2) is 0 Å². The molecule has 1 N–H and O–H groups in total. The average molecular weight is 310 g/mol. The number of fused-ring (bicyclic) bond motifs is 1. The molecule has 0 aliphatic carbocycles. The van der Waals surface area contributed by atoms with Crippen molar-refractivity contribution < 1.29 is 9.84 Å². The zero-order valence-corrected chi connectivity index (χ0v) is 14.0. The van der Waals surface area contributed by atoms with Crippen LogP contribution < -0.4 is 4.74 Å². The lowest BCUT2D eigenvalue weighted by molar-refractivity contribution is 0.281. The van der Waals surface area contributed by atoms with Crippen molar-refractivity contribution in [2.75, 3.05) is 7.11 Å². The summed E-state index contributed by atoms with van der Waals surface area (Å²) in [5.74, 6) is 0.809. The van der Waals surface area contributed by atoms with Gasteiger partial charge in [0.05, 0.1) is 19.4 Å². The number of benzene rings is 1. The lowest BCUT2D eigenvalue weighted by atomic mass is 9.86. The van der Waals surface area contributed by atoms with E-state index in [9.17, 15) is 5.11 Å². The molecule has 3 aromatic rings. The maximum atomic E-state index is 9.28. The third-order valence-corrected chi connectivity index (χ3v) is 4.04. The predicted molar refractivity (Wildman–Crippen MR) is 91.8 cm³/mol. The minimum absolute atomic E-state index is 0.0201. The minimum Gasteiger partial charge on any atom is -0.496 e. The molecule has 0 unspecified atom stereocenters. The molecule has 1 aromatic carbocycles. The van der Waals surface area contributed by atoms with E-state index in [1.807, 2.05) is 35.0 Å². The second-order valence-electron chi connectivity index (χ2n) is 6.75. The smallest absolute Gasteiger partial charge is 0.137 e. The van der Waals surface area contributed by atoms with E-state index in [4.69, 9.17) is 9.72 Å². The van der Waals surface area contributed by atoms with E-state index in [2.05, 4.69) is 32.9 Å². The molecule has 0 spiro atoms. The molecular formula is C19H22N2O2. The van der Waals surface area contributed by atoms with Crippen LogP contribution in [0.3, 0.4) is 0 Å². The summed E-state index contributed by atoms with van der Waals surface area (Å²) in [6.45, 7) is 6.59. The number of imidazole rings is 1. The molecule has 4 heteroatoms. The SMILES string of the molecule is COc1ccc(C(C)(C)C)cc1-c1cn2cc(CO)ccc2n1. The van der Waals surface area contributed by atoms with Crippen molar-refractivity contribution in [2.45, 2.75) is 32.8 Å². The van der Waals surface area contributed by atoms with Gasteiger partial charge >= 0.3 is 0 Å². The molecule has 0 amide bonds. The van der Waals surface area contributed by atoms with Crippen molar-refractivity contribution in [2.24, 2.45) is 0 Å². The fourth-order valence-electron chi connectivity index (χ4n) is 2.64. The summed E-state index contributed by atoms with van der Waals surface area (Å²) in [6, 6.07) is 10.0. The van der Waals surface area contributed by atoms with Gasteiger partial charge in [0.25, 0.3) is 0 Å². The van der Waals surface area contributed by atoms with Crippen molar-refractivity contribution in [3.63, 3.8) is 0 Å². The van der Waals surface area contributed by atoms with E-state index in [-0.39, 0.29) is 12.0 Å². The number of pyridine rings is 1. The standard InChI is InChI=1S/C19H22N2O2/c1-19(2,3)14-6-7-17(23-4)15(9-14)16-11-21-10-13(12-22)5-8-18(21)20-16/h5-11,22H,12H2,1-4H3. The number of hydrogen-bond acceptors (Lipinski definition) is 3. The van der Waals surface area contributed by atoms with E-state index >= 15 is 0 Å². The Kier molecular flexibility index (Phi) is 3.86. The van der Waals surface area contributed by atoms with Crippen molar-refractivity contribution >= 4 is 5.65 Å². The van der Waals surface area contributed by atoms with Crippen LogP contribution >= 0.6 is 0 Å². The molecule has 0 fully saturated rings. The van der Waals surface area contributed by atoms with Gasteiger partial charge in [0.2, 0.25) is 0 Å². The zero-order valence-electron chi connectivity index (χ0n) is 14.0. The fourth-order valence-corrected chi connectivity index (χ4v) is 2.64. The number of methoxy groups -OCH3 is 1. The van der Waals surface area contributed by atoms with Gasteiger partial charge < -0.3 is 14.2 Å². The van der Waals surface area contributed by atoms with E-state index in [0.717, 1.165) is 28.2 Å². The maximum Gasteiger partial charge on any atom is 0.137 e. The van der Waals surface area contributed by atoms with E-state index in [0.29, 0.717) is 0 Å². The Morgan fingerprint density at radius 2 is 1.91 bits per heavy atom.